The summed E-state index contributed by atoms with van der Waals surface area (Å²) >= 11 is 0. The van der Waals surface area contributed by atoms with Gasteiger partial charge in [0.1, 0.15) is 12.3 Å². The monoisotopic (exact) mass is 462 g/mol. The summed E-state index contributed by atoms with van der Waals surface area (Å²) in [5.41, 5.74) is 5.14. The Kier molecular flexibility index (Phi) is 6.95. The molecule has 0 spiro atoms. The number of aromatic nitrogens is 1. The van der Waals surface area contributed by atoms with Crippen molar-refractivity contribution in [2.75, 3.05) is 25.1 Å². The lowest BCUT2D eigenvalue weighted by molar-refractivity contribution is 0.0950. The molecule has 178 valence electrons. The van der Waals surface area contributed by atoms with Crippen LogP contribution < -0.4 is 15.5 Å². The number of carbonyl (C=O) groups excluding carboxylic acids is 3. The number of nitrogens with zero attached hydrogens (tertiary/aromatic N) is 2. The van der Waals surface area contributed by atoms with Crippen molar-refractivity contribution in [1.82, 2.24) is 15.6 Å². The average molecular weight is 463 g/mol. The number of nitrogens with one attached hydrogen (secondary N) is 2. The lowest BCUT2D eigenvalue weighted by Gasteiger charge is -2.18. The molecule has 0 saturated heterocycles. The summed E-state index contributed by atoms with van der Waals surface area (Å²) in [5.74, 6) is -0.536. The molecule has 3 amide bonds. The molecule has 1 fully saturated rings. The Hall–Kier alpha value is -3.68. The fourth-order valence-corrected chi connectivity index (χ4v) is 3.94. The highest BCUT2D eigenvalue weighted by atomic mass is 16.6. The van der Waals surface area contributed by atoms with Crippen molar-refractivity contribution >= 4 is 23.6 Å². The third-order valence-corrected chi connectivity index (χ3v) is 6.15. The maximum atomic E-state index is 12.7. The molecule has 34 heavy (non-hydrogen) atoms. The van der Waals surface area contributed by atoms with E-state index in [-0.39, 0.29) is 36.3 Å². The Morgan fingerprint density at radius 1 is 1.21 bits per heavy atom. The van der Waals surface area contributed by atoms with E-state index in [0.29, 0.717) is 30.6 Å². The van der Waals surface area contributed by atoms with Gasteiger partial charge in [0.15, 0.2) is 0 Å². The van der Waals surface area contributed by atoms with Gasteiger partial charge in [-0.15, -0.1) is 0 Å². The van der Waals surface area contributed by atoms with Crippen molar-refractivity contribution in [2.45, 2.75) is 45.6 Å². The normalized spacial score (nSPS) is 15.0. The van der Waals surface area contributed by atoms with Crippen molar-refractivity contribution in [3.63, 3.8) is 0 Å². The standard InChI is InChI=1S/C26H30N4O4/c1-4-16(2)15-34-26(33)30-11-10-21-17(6-5-7-23(21)30)12-20-13-18(24(31)29-19-8-9-19)14-22(28-20)25(32)27-3/h4-7,13-14,19H,8-12,15H2,1-3H3,(H,27,32)(H,29,31)/b16-4+. The minimum Gasteiger partial charge on any atom is -0.445 e. The fourth-order valence-electron chi connectivity index (χ4n) is 3.94. The van der Waals surface area contributed by atoms with Gasteiger partial charge in [-0.3, -0.25) is 14.5 Å². The van der Waals surface area contributed by atoms with Crippen LogP contribution in [-0.4, -0.2) is 49.1 Å². The van der Waals surface area contributed by atoms with Crippen LogP contribution in [0.4, 0.5) is 10.5 Å². The van der Waals surface area contributed by atoms with Crippen LogP contribution in [0.3, 0.4) is 0 Å². The second-order valence-electron chi connectivity index (χ2n) is 8.74. The SMILES string of the molecule is C/C=C(\C)COC(=O)N1CCc2c(Cc3cc(C(=O)NC4CC4)cc(C(=O)NC)n3)cccc21. The summed E-state index contributed by atoms with van der Waals surface area (Å²) in [7, 11) is 1.54. The predicted molar refractivity (Wildman–Crippen MR) is 129 cm³/mol. The van der Waals surface area contributed by atoms with Crippen LogP contribution >= 0.6 is 0 Å². The Morgan fingerprint density at radius 2 is 2.00 bits per heavy atom. The maximum Gasteiger partial charge on any atom is 0.414 e. The van der Waals surface area contributed by atoms with Gasteiger partial charge < -0.3 is 15.4 Å². The lowest BCUT2D eigenvalue weighted by Crippen LogP contribution is -2.30. The van der Waals surface area contributed by atoms with Gasteiger partial charge >= 0.3 is 6.09 Å². The minimum atomic E-state index is -0.365. The van der Waals surface area contributed by atoms with Crippen LogP contribution in [0.15, 0.2) is 42.0 Å². The number of hydrogen-bond acceptors (Lipinski definition) is 5. The first-order chi connectivity index (χ1) is 16.4. The zero-order valence-corrected chi connectivity index (χ0v) is 19.8. The van der Waals surface area contributed by atoms with E-state index in [1.165, 1.54) is 13.1 Å². The Bertz CT molecular complexity index is 1150. The van der Waals surface area contributed by atoms with Crippen molar-refractivity contribution in [2.24, 2.45) is 0 Å². The van der Waals surface area contributed by atoms with Gasteiger partial charge in [0.25, 0.3) is 11.8 Å². The molecule has 2 N–H and O–H groups in total. The van der Waals surface area contributed by atoms with Gasteiger partial charge in [-0.2, -0.15) is 0 Å². The molecule has 1 saturated carbocycles. The number of ether oxygens (including phenoxy) is 1. The van der Waals surface area contributed by atoms with Gasteiger partial charge in [0.05, 0.1) is 5.69 Å². The summed E-state index contributed by atoms with van der Waals surface area (Å²) in [6.07, 6.45) is 4.66. The average Bonchev–Trinajstić information content (AvgIpc) is 3.55. The third kappa shape index (κ3) is 5.27. The minimum absolute atomic E-state index is 0.195. The first kappa shape index (κ1) is 23.5. The number of rotatable bonds is 7. The first-order valence-electron chi connectivity index (χ1n) is 11.6. The molecule has 1 aliphatic carbocycles. The third-order valence-electron chi connectivity index (χ3n) is 6.15. The van der Waals surface area contributed by atoms with E-state index in [2.05, 4.69) is 15.6 Å². The van der Waals surface area contributed by atoms with Gasteiger partial charge in [-0.25, -0.2) is 9.78 Å². The highest BCUT2D eigenvalue weighted by Crippen LogP contribution is 2.32. The quantitative estimate of drug-likeness (QED) is 0.615. The van der Waals surface area contributed by atoms with E-state index in [1.807, 2.05) is 38.1 Å². The van der Waals surface area contributed by atoms with Crippen LogP contribution in [0.1, 0.15) is 64.4 Å². The van der Waals surface area contributed by atoms with Crippen molar-refractivity contribution in [1.29, 1.82) is 0 Å². The number of allylic oxidation sites excluding steroid dienone is 1. The summed E-state index contributed by atoms with van der Waals surface area (Å²) in [6.45, 7) is 4.64. The zero-order valence-electron chi connectivity index (χ0n) is 19.8. The van der Waals surface area contributed by atoms with Crippen molar-refractivity contribution in [3.8, 4) is 0 Å². The van der Waals surface area contributed by atoms with Gasteiger partial charge in [0.2, 0.25) is 0 Å². The summed E-state index contributed by atoms with van der Waals surface area (Å²) in [6, 6.07) is 9.30. The van der Waals surface area contributed by atoms with E-state index in [0.717, 1.165) is 35.2 Å². The van der Waals surface area contributed by atoms with Crippen LogP contribution in [-0.2, 0) is 17.6 Å². The molecule has 2 heterocycles. The summed E-state index contributed by atoms with van der Waals surface area (Å²) in [4.78, 5) is 43.8. The molecule has 0 atom stereocenters. The number of carbonyl (C=O) groups is 3. The smallest absolute Gasteiger partial charge is 0.414 e. The lowest BCUT2D eigenvalue weighted by atomic mass is 9.99. The topological polar surface area (TPSA) is 101 Å². The molecule has 0 unspecified atom stereocenters. The van der Waals surface area contributed by atoms with Gasteiger partial charge in [0, 0.05) is 37.3 Å². The molecule has 1 aromatic carbocycles. The Balaban J connectivity index is 1.58. The fraction of sp³-hybridized carbons (Fsp3) is 0.385. The highest BCUT2D eigenvalue weighted by Gasteiger charge is 2.28. The molecule has 0 bridgehead atoms. The molecule has 2 aliphatic rings. The van der Waals surface area contributed by atoms with Crippen LogP contribution in [0.5, 0.6) is 0 Å². The molecule has 0 radical (unpaired) electrons. The van der Waals surface area contributed by atoms with E-state index in [4.69, 9.17) is 4.74 Å². The molecule has 8 nitrogen and oxygen atoms in total. The number of benzene rings is 1. The van der Waals surface area contributed by atoms with E-state index >= 15 is 0 Å². The number of fused-ring (bicyclic) bond motifs is 1. The molecule has 4 rings (SSSR count). The zero-order chi connectivity index (χ0) is 24.2. The van der Waals surface area contributed by atoms with Crippen LogP contribution in [0.25, 0.3) is 0 Å². The van der Waals surface area contributed by atoms with E-state index < -0.39 is 0 Å². The maximum absolute atomic E-state index is 12.7. The number of hydrogen-bond donors (Lipinski definition) is 2. The summed E-state index contributed by atoms with van der Waals surface area (Å²) < 4.78 is 5.44. The van der Waals surface area contributed by atoms with Crippen LogP contribution in [0.2, 0.25) is 0 Å². The van der Waals surface area contributed by atoms with Crippen LogP contribution in [0, 0.1) is 0 Å². The van der Waals surface area contributed by atoms with Crippen molar-refractivity contribution in [3.05, 3.63) is 70.1 Å². The molecule has 1 aliphatic heterocycles. The number of pyridine rings is 1. The van der Waals surface area contributed by atoms with E-state index in [9.17, 15) is 14.4 Å². The molecular weight excluding hydrogens is 432 g/mol. The number of amides is 3. The van der Waals surface area contributed by atoms with E-state index in [1.54, 1.807) is 11.0 Å². The second kappa shape index (κ2) is 10.1. The number of anilines is 1. The predicted octanol–water partition coefficient (Wildman–Crippen LogP) is 3.39. The molecular formula is C26H30N4O4. The Morgan fingerprint density at radius 3 is 2.71 bits per heavy atom. The highest BCUT2D eigenvalue weighted by molar-refractivity contribution is 5.99. The van der Waals surface area contributed by atoms with Gasteiger partial charge in [-0.1, -0.05) is 18.2 Å². The Labute approximate surface area is 199 Å². The van der Waals surface area contributed by atoms with Crippen molar-refractivity contribution < 1.29 is 19.1 Å². The molecule has 1 aromatic heterocycles. The molecule has 8 heteroatoms. The first-order valence-corrected chi connectivity index (χ1v) is 11.6. The molecule has 2 aromatic rings. The second-order valence-corrected chi connectivity index (χ2v) is 8.74. The van der Waals surface area contributed by atoms with Gasteiger partial charge in [-0.05, 0) is 68.0 Å². The summed E-state index contributed by atoms with van der Waals surface area (Å²) in [5, 5.41) is 5.55. The largest absolute Gasteiger partial charge is 0.445 e.